The summed E-state index contributed by atoms with van der Waals surface area (Å²) in [7, 11) is 0. The lowest BCUT2D eigenvalue weighted by molar-refractivity contribution is 0.337. The standard InChI is InChI=1S/C18H20ClN3S/c1-4-18(14-6-8-15(19)9-7-14)20-17(23)22(21-18)16-10-5-12(2)13(3)11-16/h5-11,21H,4H2,1-3H3,(H,20,23)/t18-/m0/s1. The second kappa shape index (κ2) is 6.11. The van der Waals surface area contributed by atoms with Gasteiger partial charge in [-0.2, -0.15) is 5.43 Å². The lowest BCUT2D eigenvalue weighted by atomic mass is 9.98. The fourth-order valence-corrected chi connectivity index (χ4v) is 3.25. The van der Waals surface area contributed by atoms with Crippen LogP contribution in [0.1, 0.15) is 30.0 Å². The van der Waals surface area contributed by atoms with Crippen LogP contribution < -0.4 is 15.8 Å². The zero-order valence-corrected chi connectivity index (χ0v) is 15.1. The third-order valence-corrected chi connectivity index (χ3v) is 4.98. The molecule has 1 aliphatic heterocycles. The van der Waals surface area contributed by atoms with E-state index >= 15 is 0 Å². The second-order valence-corrected chi connectivity index (χ2v) is 6.73. The minimum Gasteiger partial charge on any atom is -0.338 e. The molecule has 0 radical (unpaired) electrons. The highest BCUT2D eigenvalue weighted by Gasteiger charge is 2.40. The Labute approximate surface area is 147 Å². The third-order valence-electron chi connectivity index (χ3n) is 4.44. The van der Waals surface area contributed by atoms with Crippen LogP contribution in [0.25, 0.3) is 0 Å². The van der Waals surface area contributed by atoms with Gasteiger partial charge in [0, 0.05) is 5.02 Å². The van der Waals surface area contributed by atoms with Crippen LogP contribution in [-0.4, -0.2) is 5.11 Å². The van der Waals surface area contributed by atoms with Crippen molar-refractivity contribution >= 4 is 34.6 Å². The van der Waals surface area contributed by atoms with E-state index in [1.165, 1.54) is 11.1 Å². The Hall–Kier alpha value is -1.62. The molecule has 0 saturated carbocycles. The van der Waals surface area contributed by atoms with E-state index in [1.54, 1.807) is 0 Å². The van der Waals surface area contributed by atoms with Crippen LogP contribution in [0, 0.1) is 13.8 Å². The number of nitrogens with zero attached hydrogens (tertiary/aromatic N) is 1. The van der Waals surface area contributed by atoms with Gasteiger partial charge in [-0.3, -0.25) is 0 Å². The maximum Gasteiger partial charge on any atom is 0.190 e. The minimum absolute atomic E-state index is 0.416. The van der Waals surface area contributed by atoms with Gasteiger partial charge in [0.25, 0.3) is 0 Å². The Morgan fingerprint density at radius 2 is 1.78 bits per heavy atom. The first kappa shape index (κ1) is 16.2. The minimum atomic E-state index is -0.416. The van der Waals surface area contributed by atoms with Crippen LogP contribution in [0.15, 0.2) is 42.5 Å². The molecule has 2 aromatic rings. The Morgan fingerprint density at radius 3 is 2.39 bits per heavy atom. The Bertz CT molecular complexity index is 744. The molecule has 0 amide bonds. The summed E-state index contributed by atoms with van der Waals surface area (Å²) in [6.45, 7) is 6.34. The fourth-order valence-electron chi connectivity index (χ4n) is 2.80. The van der Waals surface area contributed by atoms with Gasteiger partial charge in [0.1, 0.15) is 5.66 Å². The molecule has 2 N–H and O–H groups in total. The molecule has 1 fully saturated rings. The monoisotopic (exact) mass is 345 g/mol. The maximum atomic E-state index is 6.02. The van der Waals surface area contributed by atoms with Gasteiger partial charge < -0.3 is 5.32 Å². The molecular weight excluding hydrogens is 326 g/mol. The van der Waals surface area contributed by atoms with E-state index in [1.807, 2.05) is 29.3 Å². The molecule has 3 rings (SSSR count). The smallest absolute Gasteiger partial charge is 0.190 e. The molecule has 3 nitrogen and oxygen atoms in total. The number of thiocarbonyl (C=S) groups is 1. The average molecular weight is 346 g/mol. The van der Waals surface area contributed by atoms with Crippen molar-refractivity contribution < 1.29 is 0 Å². The third kappa shape index (κ3) is 2.94. The number of halogens is 1. The average Bonchev–Trinajstić information content (AvgIpc) is 2.89. The highest BCUT2D eigenvalue weighted by molar-refractivity contribution is 7.80. The molecule has 5 heteroatoms. The van der Waals surface area contributed by atoms with Crippen LogP contribution >= 0.6 is 23.8 Å². The van der Waals surface area contributed by atoms with Gasteiger partial charge >= 0.3 is 0 Å². The number of benzene rings is 2. The van der Waals surface area contributed by atoms with Crippen molar-refractivity contribution in [1.82, 2.24) is 10.7 Å². The Kier molecular flexibility index (Phi) is 4.32. The van der Waals surface area contributed by atoms with Crippen LogP contribution in [0.3, 0.4) is 0 Å². The van der Waals surface area contributed by atoms with Crippen molar-refractivity contribution in [3.05, 3.63) is 64.2 Å². The summed E-state index contributed by atoms with van der Waals surface area (Å²) >= 11 is 11.6. The lowest BCUT2D eigenvalue weighted by Crippen LogP contribution is -2.47. The molecule has 1 aliphatic rings. The van der Waals surface area contributed by atoms with Gasteiger partial charge in [-0.15, -0.1) is 0 Å². The Morgan fingerprint density at radius 1 is 1.09 bits per heavy atom. The lowest BCUT2D eigenvalue weighted by Gasteiger charge is -2.29. The van der Waals surface area contributed by atoms with Crippen molar-refractivity contribution in [2.45, 2.75) is 32.9 Å². The van der Waals surface area contributed by atoms with Crippen molar-refractivity contribution in [2.24, 2.45) is 0 Å². The van der Waals surface area contributed by atoms with E-state index in [0.717, 1.165) is 22.7 Å². The van der Waals surface area contributed by atoms with Gasteiger partial charge in [0.2, 0.25) is 0 Å². The molecule has 120 valence electrons. The predicted octanol–water partition coefficient (Wildman–Crippen LogP) is 4.42. The van der Waals surface area contributed by atoms with E-state index in [9.17, 15) is 0 Å². The number of nitrogens with one attached hydrogen (secondary N) is 2. The topological polar surface area (TPSA) is 27.3 Å². The summed E-state index contributed by atoms with van der Waals surface area (Å²) in [5, 5.41) is 6.78. The van der Waals surface area contributed by atoms with E-state index in [4.69, 9.17) is 23.8 Å². The first-order chi connectivity index (χ1) is 10.9. The molecule has 0 aromatic heterocycles. The second-order valence-electron chi connectivity index (χ2n) is 5.91. The SMILES string of the molecule is CC[C@]1(c2ccc(Cl)cc2)NC(=S)N(c2ccc(C)c(C)c2)N1. The molecule has 1 heterocycles. The van der Waals surface area contributed by atoms with Gasteiger partial charge in [0.05, 0.1) is 5.69 Å². The summed E-state index contributed by atoms with van der Waals surface area (Å²) in [5.74, 6) is 0. The largest absolute Gasteiger partial charge is 0.338 e. The highest BCUT2D eigenvalue weighted by atomic mass is 35.5. The number of hydrogen-bond donors (Lipinski definition) is 2. The molecule has 0 spiro atoms. The zero-order chi connectivity index (χ0) is 16.6. The van der Waals surface area contributed by atoms with Crippen LogP contribution in [-0.2, 0) is 5.66 Å². The van der Waals surface area contributed by atoms with Crippen molar-refractivity contribution in [3.8, 4) is 0 Å². The summed E-state index contributed by atoms with van der Waals surface area (Å²) in [5.41, 5.74) is 7.78. The van der Waals surface area contributed by atoms with E-state index in [2.05, 4.69) is 49.7 Å². The first-order valence-corrected chi connectivity index (χ1v) is 8.47. The maximum absolute atomic E-state index is 6.02. The molecule has 1 atom stereocenters. The van der Waals surface area contributed by atoms with Crippen LogP contribution in [0.2, 0.25) is 5.02 Å². The molecule has 0 unspecified atom stereocenters. The molecule has 2 aromatic carbocycles. The normalized spacial score (nSPS) is 20.7. The van der Waals surface area contributed by atoms with Crippen LogP contribution in [0.5, 0.6) is 0 Å². The molecule has 0 bridgehead atoms. The first-order valence-electron chi connectivity index (χ1n) is 7.68. The zero-order valence-electron chi connectivity index (χ0n) is 13.5. The summed E-state index contributed by atoms with van der Waals surface area (Å²) < 4.78 is 0. The fraction of sp³-hybridized carbons (Fsp3) is 0.278. The van der Waals surface area contributed by atoms with E-state index < -0.39 is 5.66 Å². The molecular formula is C18H20ClN3S. The quantitative estimate of drug-likeness (QED) is 0.805. The van der Waals surface area contributed by atoms with Crippen molar-refractivity contribution in [2.75, 3.05) is 5.01 Å². The summed E-state index contributed by atoms with van der Waals surface area (Å²) in [4.78, 5) is 0. The predicted molar refractivity (Wildman–Crippen MR) is 101 cm³/mol. The van der Waals surface area contributed by atoms with Gasteiger partial charge in [0.15, 0.2) is 5.11 Å². The van der Waals surface area contributed by atoms with Crippen LogP contribution in [0.4, 0.5) is 5.69 Å². The van der Waals surface area contributed by atoms with Gasteiger partial charge in [-0.05, 0) is 73.4 Å². The van der Waals surface area contributed by atoms with Gasteiger partial charge in [-0.1, -0.05) is 36.7 Å². The number of hydrazine groups is 1. The highest BCUT2D eigenvalue weighted by Crippen LogP contribution is 2.31. The number of rotatable bonds is 3. The Balaban J connectivity index is 1.96. The summed E-state index contributed by atoms with van der Waals surface area (Å²) in [6.07, 6.45) is 0.843. The molecule has 0 aliphatic carbocycles. The van der Waals surface area contributed by atoms with Crippen molar-refractivity contribution in [3.63, 3.8) is 0 Å². The van der Waals surface area contributed by atoms with E-state index in [-0.39, 0.29) is 0 Å². The number of anilines is 1. The molecule has 23 heavy (non-hydrogen) atoms. The van der Waals surface area contributed by atoms with Gasteiger partial charge in [-0.25, -0.2) is 5.01 Å². The van der Waals surface area contributed by atoms with Crippen molar-refractivity contribution in [1.29, 1.82) is 0 Å². The van der Waals surface area contributed by atoms with E-state index in [0.29, 0.717) is 5.11 Å². The number of hydrogen-bond acceptors (Lipinski definition) is 2. The summed E-state index contributed by atoms with van der Waals surface area (Å²) in [6, 6.07) is 14.2. The number of aryl methyl sites for hydroxylation is 2. The molecule has 1 saturated heterocycles.